The number of carbonyl (C=O) groups excluding carboxylic acids is 7. The molecule has 0 saturated heterocycles. The van der Waals surface area contributed by atoms with Crippen molar-refractivity contribution >= 4 is 42.0 Å². The summed E-state index contributed by atoms with van der Waals surface area (Å²) in [4.78, 5) is 89.9. The molecule has 4 fully saturated rings. The van der Waals surface area contributed by atoms with E-state index in [-0.39, 0.29) is 59.8 Å². The number of hydrogen-bond acceptors (Lipinski definition) is 13. The van der Waals surface area contributed by atoms with E-state index >= 15 is 0 Å². The molecular formula is C46H75N3O13. The Morgan fingerprint density at radius 3 is 1.60 bits per heavy atom. The Morgan fingerprint density at radius 2 is 1.11 bits per heavy atom. The first kappa shape index (κ1) is 50.5. The third-order valence-electron chi connectivity index (χ3n) is 13.6. The third kappa shape index (κ3) is 13.5. The van der Waals surface area contributed by atoms with Gasteiger partial charge in [-0.15, -0.1) is 0 Å². The van der Waals surface area contributed by atoms with Gasteiger partial charge in [0.05, 0.1) is 0 Å². The molecule has 16 nitrogen and oxygen atoms in total. The fourth-order valence-corrected chi connectivity index (χ4v) is 11.1. The van der Waals surface area contributed by atoms with Gasteiger partial charge >= 0.3 is 36.2 Å². The van der Waals surface area contributed by atoms with Gasteiger partial charge in [0.2, 0.25) is 0 Å². The van der Waals surface area contributed by atoms with Gasteiger partial charge in [0.1, 0.15) is 60.5 Å². The van der Waals surface area contributed by atoms with Gasteiger partial charge < -0.3 is 49.2 Å². The normalized spacial score (nSPS) is 31.0. The van der Waals surface area contributed by atoms with Crippen LogP contribution in [0.4, 0.5) is 14.4 Å². The van der Waals surface area contributed by atoms with Gasteiger partial charge in [0.15, 0.2) is 0 Å². The summed E-state index contributed by atoms with van der Waals surface area (Å²) in [5, 5.41) is 7.54. The van der Waals surface area contributed by atoms with Crippen LogP contribution in [0.5, 0.6) is 0 Å². The van der Waals surface area contributed by atoms with Crippen LogP contribution in [0, 0.1) is 46.3 Å². The smallest absolute Gasteiger partial charge is 0.408 e. The number of hydrogen-bond donors (Lipinski definition) is 3. The maximum atomic E-state index is 13.7. The van der Waals surface area contributed by atoms with Crippen LogP contribution in [0.2, 0.25) is 0 Å². The van der Waals surface area contributed by atoms with Crippen LogP contribution in [0.3, 0.4) is 0 Å². The minimum absolute atomic E-state index is 0.0495. The number of Topliss-reactive ketones (excluding diaryl/α,β-unsaturated/α-hetero) is 1. The molecule has 0 radical (unpaired) electrons. The zero-order valence-electron chi connectivity index (χ0n) is 39.5. The molecule has 16 heteroatoms. The Hall–Kier alpha value is -4.11. The Kier molecular flexibility index (Phi) is 16.1. The molecule has 4 aliphatic carbocycles. The van der Waals surface area contributed by atoms with Crippen molar-refractivity contribution in [1.82, 2.24) is 16.0 Å². The number of rotatable bonds is 13. The zero-order chi connectivity index (χ0) is 46.6. The van der Waals surface area contributed by atoms with Crippen molar-refractivity contribution in [2.75, 3.05) is 19.6 Å². The monoisotopic (exact) mass is 878 g/mol. The number of esters is 3. The lowest BCUT2D eigenvalue weighted by molar-refractivity contribution is -0.225. The molecule has 3 amide bonds. The summed E-state index contributed by atoms with van der Waals surface area (Å²) in [7, 11) is 0. The molecule has 4 saturated carbocycles. The van der Waals surface area contributed by atoms with Crippen molar-refractivity contribution in [2.45, 2.75) is 183 Å². The fraction of sp³-hybridized carbons (Fsp3) is 0.848. The van der Waals surface area contributed by atoms with Gasteiger partial charge in [-0.2, -0.15) is 0 Å². The highest BCUT2D eigenvalue weighted by molar-refractivity contribution is 5.79. The number of ketones is 1. The van der Waals surface area contributed by atoms with Crippen molar-refractivity contribution in [2.24, 2.45) is 46.3 Å². The van der Waals surface area contributed by atoms with Crippen LogP contribution in [0.25, 0.3) is 0 Å². The second-order valence-corrected chi connectivity index (χ2v) is 21.7. The number of amides is 3. The van der Waals surface area contributed by atoms with Crippen molar-refractivity contribution in [3.05, 3.63) is 0 Å². The lowest BCUT2D eigenvalue weighted by Crippen LogP contribution is -2.64. The number of carbonyl (C=O) groups is 7. The van der Waals surface area contributed by atoms with Gasteiger partial charge in [0, 0.05) is 17.8 Å². The maximum absolute atomic E-state index is 13.7. The standard InChI is InChI=1S/C46H75N3O13/c1-26(14-15-27(2)50)30-16-17-31-38-32(22-34(46(30,31)13)59-37(53)25-49-41(56)62-44(9,10)11)45(12)19-18-29(57-35(51)23-47-39(54)60-42(3,4)5)20-28(45)21-33(38)58-36(52)24-48-40(55)61-43(6,7)8/h26,28-34,38H,14-25H2,1-13H3,(H,47,54)(H,48,55)(H,49,56)/t26-,28?,29-,30-,31+,32+,33-,34+,38?,45+,46-/m1/s1. The first-order valence-corrected chi connectivity index (χ1v) is 22.5. The molecule has 0 aromatic heterocycles. The Labute approximate surface area is 368 Å². The molecule has 0 aromatic rings. The molecule has 2 unspecified atom stereocenters. The van der Waals surface area contributed by atoms with Gasteiger partial charge in [-0.1, -0.05) is 20.8 Å². The summed E-state index contributed by atoms with van der Waals surface area (Å²) in [6.45, 7) is 22.6. The number of fused-ring (bicyclic) bond motifs is 5. The second-order valence-electron chi connectivity index (χ2n) is 21.7. The predicted molar refractivity (Wildman–Crippen MR) is 227 cm³/mol. The molecule has 0 spiro atoms. The Morgan fingerprint density at radius 1 is 0.629 bits per heavy atom. The van der Waals surface area contributed by atoms with E-state index in [1.54, 1.807) is 69.2 Å². The molecular weight excluding hydrogens is 803 g/mol. The van der Waals surface area contributed by atoms with Gasteiger partial charge in [-0.05, 0) is 156 Å². The highest BCUT2D eigenvalue weighted by Crippen LogP contribution is 2.69. The quantitative estimate of drug-likeness (QED) is 0.124. The number of ether oxygens (including phenoxy) is 6. The fourth-order valence-electron chi connectivity index (χ4n) is 11.1. The molecule has 0 heterocycles. The minimum atomic E-state index is -0.763. The van der Waals surface area contributed by atoms with Crippen molar-refractivity contribution < 1.29 is 62.0 Å². The van der Waals surface area contributed by atoms with Gasteiger partial charge in [-0.25, -0.2) is 14.4 Å². The molecule has 0 bridgehead atoms. The van der Waals surface area contributed by atoms with Gasteiger partial charge in [0.25, 0.3) is 0 Å². The topological polar surface area (TPSA) is 211 Å². The van der Waals surface area contributed by atoms with E-state index in [9.17, 15) is 33.6 Å². The summed E-state index contributed by atoms with van der Waals surface area (Å²) >= 11 is 0. The summed E-state index contributed by atoms with van der Waals surface area (Å²) in [6.07, 6.45) is 1.61. The van der Waals surface area contributed by atoms with Crippen LogP contribution in [-0.2, 0) is 47.6 Å². The van der Waals surface area contributed by atoms with Crippen molar-refractivity contribution in [3.63, 3.8) is 0 Å². The molecule has 4 rings (SSSR count). The third-order valence-corrected chi connectivity index (χ3v) is 13.6. The Balaban J connectivity index is 1.65. The minimum Gasteiger partial charge on any atom is -0.461 e. The highest BCUT2D eigenvalue weighted by atomic mass is 16.6. The molecule has 0 aromatic carbocycles. The van der Waals surface area contributed by atoms with E-state index in [0.29, 0.717) is 44.9 Å². The van der Waals surface area contributed by atoms with E-state index < -0.39 is 83.3 Å². The zero-order valence-corrected chi connectivity index (χ0v) is 39.5. The first-order chi connectivity index (χ1) is 28.5. The lowest BCUT2D eigenvalue weighted by atomic mass is 9.43. The maximum Gasteiger partial charge on any atom is 0.408 e. The van der Waals surface area contributed by atoms with Crippen LogP contribution in [0.1, 0.15) is 148 Å². The average Bonchev–Trinajstić information content (AvgIpc) is 3.48. The number of nitrogens with one attached hydrogen (secondary N) is 3. The molecule has 4 aliphatic rings. The van der Waals surface area contributed by atoms with Crippen LogP contribution in [-0.4, -0.2) is 96.7 Å². The highest BCUT2D eigenvalue weighted by Gasteiger charge is 2.68. The SMILES string of the molecule is CC(=O)CC[C@@H](C)[C@H]1CC[C@H]2C3[C@H](OC(=O)CNC(=O)OC(C)(C)C)CC4C[C@H](OC(=O)CNC(=O)OC(C)(C)C)CC[C@]4(C)[C@H]3C[C@H](OC(=O)CNC(=O)OC(C)(C)C)[C@]12C. The summed E-state index contributed by atoms with van der Waals surface area (Å²) < 4.78 is 34.8. The molecule has 0 aliphatic heterocycles. The molecule has 3 N–H and O–H groups in total. The summed E-state index contributed by atoms with van der Waals surface area (Å²) in [5.74, 6) is -1.85. The molecule has 62 heavy (non-hydrogen) atoms. The van der Waals surface area contributed by atoms with E-state index in [1.165, 1.54) is 0 Å². The first-order valence-electron chi connectivity index (χ1n) is 22.5. The molecule has 352 valence electrons. The van der Waals surface area contributed by atoms with E-state index in [1.807, 2.05) is 0 Å². The average molecular weight is 878 g/mol. The van der Waals surface area contributed by atoms with Crippen LogP contribution in [0.15, 0.2) is 0 Å². The number of alkyl carbamates (subject to hydrolysis) is 3. The largest absolute Gasteiger partial charge is 0.461 e. The van der Waals surface area contributed by atoms with E-state index in [0.717, 1.165) is 12.8 Å². The van der Waals surface area contributed by atoms with Crippen molar-refractivity contribution in [3.8, 4) is 0 Å². The molecule has 11 atom stereocenters. The van der Waals surface area contributed by atoms with Crippen LogP contribution < -0.4 is 16.0 Å². The summed E-state index contributed by atoms with van der Waals surface area (Å²) in [5.41, 5.74) is -3.16. The van der Waals surface area contributed by atoms with Crippen molar-refractivity contribution in [1.29, 1.82) is 0 Å². The van der Waals surface area contributed by atoms with Gasteiger partial charge in [-0.3, -0.25) is 14.4 Å². The Bertz CT molecular complexity index is 1660. The van der Waals surface area contributed by atoms with E-state index in [4.69, 9.17) is 28.4 Å². The summed E-state index contributed by atoms with van der Waals surface area (Å²) in [6, 6.07) is 0. The predicted octanol–water partition coefficient (Wildman–Crippen LogP) is 7.18. The van der Waals surface area contributed by atoms with E-state index in [2.05, 4.69) is 36.7 Å². The second kappa shape index (κ2) is 19.7. The lowest BCUT2D eigenvalue weighted by Gasteiger charge is -2.64. The van der Waals surface area contributed by atoms with Crippen LogP contribution >= 0.6 is 0 Å².